The molecule has 0 amide bonds. The first-order valence-corrected chi connectivity index (χ1v) is 5.65. The number of rotatable bonds is 1. The number of halogens is 1. The van der Waals surface area contributed by atoms with Gasteiger partial charge in [0.25, 0.3) is 0 Å². The van der Waals surface area contributed by atoms with Gasteiger partial charge >= 0.3 is 0 Å². The fourth-order valence-electron chi connectivity index (χ4n) is 1.86. The van der Waals surface area contributed by atoms with Gasteiger partial charge in [-0.3, -0.25) is 0 Å². The normalized spacial score (nSPS) is 28.2. The monoisotopic (exact) mass is 242 g/mol. The lowest BCUT2D eigenvalue weighted by Gasteiger charge is -2.23. The second-order valence-corrected chi connectivity index (χ2v) is 4.67. The highest BCUT2D eigenvalue weighted by molar-refractivity contribution is 6.32. The summed E-state index contributed by atoms with van der Waals surface area (Å²) in [4.78, 5) is 0. The van der Waals surface area contributed by atoms with E-state index < -0.39 is 5.79 Å². The van der Waals surface area contributed by atoms with Crippen LogP contribution in [-0.2, 0) is 15.3 Å². The first kappa shape index (κ1) is 11.7. The van der Waals surface area contributed by atoms with E-state index in [9.17, 15) is 5.11 Å². The summed E-state index contributed by atoms with van der Waals surface area (Å²) in [7, 11) is 0. The van der Waals surface area contributed by atoms with Gasteiger partial charge in [-0.1, -0.05) is 17.7 Å². The number of aromatic hydroxyl groups is 1. The Bertz CT molecular complexity index is 395. The third-order valence-electron chi connectivity index (χ3n) is 2.95. The average molecular weight is 243 g/mol. The van der Waals surface area contributed by atoms with Crippen molar-refractivity contribution in [2.24, 2.45) is 0 Å². The molecule has 2 rings (SSSR count). The van der Waals surface area contributed by atoms with Crippen molar-refractivity contribution in [1.82, 2.24) is 0 Å². The van der Waals surface area contributed by atoms with Crippen LogP contribution in [0.2, 0.25) is 5.02 Å². The quantitative estimate of drug-likeness (QED) is 0.823. The molecule has 1 aromatic carbocycles. The molecule has 4 heteroatoms. The van der Waals surface area contributed by atoms with Crippen molar-refractivity contribution in [3.63, 3.8) is 0 Å². The van der Waals surface area contributed by atoms with Crippen LogP contribution in [0.1, 0.15) is 26.3 Å². The summed E-state index contributed by atoms with van der Waals surface area (Å²) < 4.78 is 11.5. The Kier molecular flexibility index (Phi) is 2.86. The lowest BCUT2D eigenvalue weighted by Crippen LogP contribution is -2.23. The molecule has 0 bridgehead atoms. The smallest absolute Gasteiger partial charge is 0.192 e. The predicted molar refractivity (Wildman–Crippen MR) is 61.6 cm³/mol. The van der Waals surface area contributed by atoms with Crippen molar-refractivity contribution in [2.75, 3.05) is 0 Å². The highest BCUT2D eigenvalue weighted by atomic mass is 35.5. The number of ether oxygens (including phenoxy) is 2. The Hall–Kier alpha value is -0.770. The molecule has 0 aliphatic carbocycles. The fourth-order valence-corrected chi connectivity index (χ4v) is 1.98. The Morgan fingerprint density at radius 3 is 2.31 bits per heavy atom. The standard InChI is InChI=1S/C12H15ClO3/c1-7-8(2)16-12(3,15-7)9-4-5-10(13)11(14)6-9/h4-8,14H,1-3H3/t7-,8-/m0/s1. The summed E-state index contributed by atoms with van der Waals surface area (Å²) >= 11 is 5.76. The zero-order valence-electron chi connectivity index (χ0n) is 9.53. The fraction of sp³-hybridized carbons (Fsp3) is 0.500. The van der Waals surface area contributed by atoms with Gasteiger partial charge in [-0.25, -0.2) is 0 Å². The molecule has 1 fully saturated rings. The molecule has 0 radical (unpaired) electrons. The van der Waals surface area contributed by atoms with E-state index in [2.05, 4.69) is 0 Å². The summed E-state index contributed by atoms with van der Waals surface area (Å²) in [5.41, 5.74) is 0.769. The zero-order chi connectivity index (χ0) is 11.9. The van der Waals surface area contributed by atoms with Crippen molar-refractivity contribution in [3.8, 4) is 5.75 Å². The van der Waals surface area contributed by atoms with E-state index in [-0.39, 0.29) is 18.0 Å². The molecule has 1 N–H and O–H groups in total. The molecule has 16 heavy (non-hydrogen) atoms. The number of hydrogen-bond donors (Lipinski definition) is 1. The van der Waals surface area contributed by atoms with Gasteiger partial charge in [0.1, 0.15) is 5.75 Å². The molecular formula is C12H15ClO3. The summed E-state index contributed by atoms with van der Waals surface area (Å²) in [5.74, 6) is -0.763. The molecule has 0 aromatic heterocycles. The number of hydrogen-bond acceptors (Lipinski definition) is 3. The Balaban J connectivity index is 2.34. The highest BCUT2D eigenvalue weighted by Crippen LogP contribution is 2.39. The van der Waals surface area contributed by atoms with Crippen LogP contribution in [0, 0.1) is 0 Å². The largest absolute Gasteiger partial charge is 0.506 e. The molecule has 2 atom stereocenters. The molecule has 0 saturated carbocycles. The first-order valence-electron chi connectivity index (χ1n) is 5.27. The maximum absolute atomic E-state index is 9.56. The van der Waals surface area contributed by atoms with Crippen molar-refractivity contribution < 1.29 is 14.6 Å². The minimum Gasteiger partial charge on any atom is -0.506 e. The van der Waals surface area contributed by atoms with Crippen LogP contribution in [0.3, 0.4) is 0 Å². The van der Waals surface area contributed by atoms with E-state index >= 15 is 0 Å². The number of phenolic OH excluding ortho intramolecular Hbond substituents is 1. The van der Waals surface area contributed by atoms with E-state index in [0.29, 0.717) is 5.02 Å². The van der Waals surface area contributed by atoms with Crippen LogP contribution in [-0.4, -0.2) is 17.3 Å². The van der Waals surface area contributed by atoms with Gasteiger partial charge in [0, 0.05) is 5.56 Å². The third-order valence-corrected chi connectivity index (χ3v) is 3.27. The molecular weight excluding hydrogens is 228 g/mol. The summed E-state index contributed by atoms with van der Waals surface area (Å²) in [6.07, 6.45) is 0.0608. The van der Waals surface area contributed by atoms with Crippen LogP contribution >= 0.6 is 11.6 Å². The Labute approximate surface area is 99.9 Å². The van der Waals surface area contributed by atoms with Gasteiger partial charge in [-0.05, 0) is 32.9 Å². The van der Waals surface area contributed by atoms with E-state index in [1.807, 2.05) is 20.8 Å². The Morgan fingerprint density at radius 2 is 1.81 bits per heavy atom. The van der Waals surface area contributed by atoms with Crippen LogP contribution in [0.5, 0.6) is 5.75 Å². The number of benzene rings is 1. The second-order valence-electron chi connectivity index (χ2n) is 4.26. The van der Waals surface area contributed by atoms with Crippen molar-refractivity contribution in [1.29, 1.82) is 0 Å². The summed E-state index contributed by atoms with van der Waals surface area (Å²) in [6.45, 7) is 5.77. The molecule has 1 aliphatic heterocycles. The van der Waals surface area contributed by atoms with E-state index in [0.717, 1.165) is 5.56 Å². The Morgan fingerprint density at radius 1 is 1.25 bits per heavy atom. The van der Waals surface area contributed by atoms with Gasteiger partial charge in [-0.2, -0.15) is 0 Å². The van der Waals surface area contributed by atoms with Gasteiger partial charge in [0.2, 0.25) is 0 Å². The van der Waals surface area contributed by atoms with Crippen molar-refractivity contribution >= 4 is 11.6 Å². The van der Waals surface area contributed by atoms with E-state index in [1.54, 1.807) is 18.2 Å². The maximum atomic E-state index is 9.56. The van der Waals surface area contributed by atoms with Crippen LogP contribution in [0.15, 0.2) is 18.2 Å². The molecule has 0 unspecified atom stereocenters. The van der Waals surface area contributed by atoms with Gasteiger partial charge in [0.05, 0.1) is 17.2 Å². The highest BCUT2D eigenvalue weighted by Gasteiger charge is 2.41. The minimum absolute atomic E-state index is 0.0304. The van der Waals surface area contributed by atoms with Crippen LogP contribution in [0.4, 0.5) is 0 Å². The predicted octanol–water partition coefficient (Wildman–Crippen LogP) is 3.04. The van der Waals surface area contributed by atoms with Gasteiger partial charge in [-0.15, -0.1) is 0 Å². The van der Waals surface area contributed by atoms with E-state index in [4.69, 9.17) is 21.1 Å². The molecule has 1 aliphatic rings. The van der Waals surface area contributed by atoms with Crippen molar-refractivity contribution in [3.05, 3.63) is 28.8 Å². The molecule has 88 valence electrons. The molecule has 1 saturated heterocycles. The summed E-state index contributed by atoms with van der Waals surface area (Å²) in [5, 5.41) is 9.89. The molecule has 3 nitrogen and oxygen atoms in total. The molecule has 1 heterocycles. The summed E-state index contributed by atoms with van der Waals surface area (Å²) in [6, 6.07) is 5.01. The lowest BCUT2D eigenvalue weighted by atomic mass is 10.1. The van der Waals surface area contributed by atoms with Crippen LogP contribution < -0.4 is 0 Å². The van der Waals surface area contributed by atoms with Gasteiger partial charge < -0.3 is 14.6 Å². The third kappa shape index (κ3) is 1.90. The SMILES string of the molecule is C[C@@H]1OC(C)(c2ccc(Cl)c(O)c2)O[C@H]1C. The lowest BCUT2D eigenvalue weighted by molar-refractivity contribution is -0.167. The number of phenols is 1. The zero-order valence-corrected chi connectivity index (χ0v) is 10.3. The van der Waals surface area contributed by atoms with Gasteiger partial charge in [0.15, 0.2) is 5.79 Å². The minimum atomic E-state index is -0.805. The van der Waals surface area contributed by atoms with Crippen LogP contribution in [0.25, 0.3) is 0 Å². The topological polar surface area (TPSA) is 38.7 Å². The maximum Gasteiger partial charge on any atom is 0.192 e. The second kappa shape index (κ2) is 3.91. The average Bonchev–Trinajstić information content (AvgIpc) is 2.46. The molecule has 1 aromatic rings. The first-order chi connectivity index (χ1) is 7.42. The molecule has 0 spiro atoms. The van der Waals surface area contributed by atoms with Crippen molar-refractivity contribution in [2.45, 2.75) is 38.8 Å². The van der Waals surface area contributed by atoms with E-state index in [1.165, 1.54) is 0 Å².